The Kier molecular flexibility index (Phi) is 4.58. The number of nitriles is 1. The molecule has 0 aromatic carbocycles. The van der Waals surface area contributed by atoms with Crippen LogP contribution in [0.15, 0.2) is 16.7 Å². The molecule has 0 spiro atoms. The van der Waals surface area contributed by atoms with E-state index in [1.807, 2.05) is 24.6 Å². The van der Waals surface area contributed by atoms with Gasteiger partial charge in [0.2, 0.25) is 0 Å². The van der Waals surface area contributed by atoms with Crippen LogP contribution in [0.25, 0.3) is 0 Å². The molecule has 1 N–H and O–H groups in total. The Morgan fingerprint density at radius 1 is 1.61 bits per heavy atom. The largest absolute Gasteiger partial charge is 0.349 e. The first-order valence-corrected chi connectivity index (χ1v) is 6.63. The number of carbonyl (C=O) groups excluding carboxylic acids is 1. The molecule has 98 valence electrons. The first kappa shape index (κ1) is 14.8. The number of hydrogen-bond acceptors (Lipinski definition) is 2. The highest BCUT2D eigenvalue weighted by Crippen LogP contribution is 2.19. The normalized spacial score (nSPS) is 11.4. The number of aromatic nitrogens is 1. The number of hydrogen-bond donors (Lipinski definition) is 1. The Labute approximate surface area is 116 Å². The van der Waals surface area contributed by atoms with Gasteiger partial charge in [0.05, 0.1) is 11.5 Å². The minimum absolute atomic E-state index is 0.155. The summed E-state index contributed by atoms with van der Waals surface area (Å²) in [6.07, 6.45) is 1.88. The number of carbonyl (C=O) groups is 1. The lowest BCUT2D eigenvalue weighted by atomic mass is 9.96. The topological polar surface area (TPSA) is 57.8 Å². The van der Waals surface area contributed by atoms with Gasteiger partial charge in [-0.2, -0.15) is 5.26 Å². The van der Waals surface area contributed by atoms with Gasteiger partial charge in [-0.25, -0.2) is 0 Å². The molecule has 0 saturated heterocycles. The summed E-state index contributed by atoms with van der Waals surface area (Å²) >= 11 is 3.37. The molecule has 0 bridgehead atoms. The minimum Gasteiger partial charge on any atom is -0.349 e. The predicted octanol–water partition coefficient (Wildman–Crippen LogP) is 3.11. The van der Waals surface area contributed by atoms with E-state index in [9.17, 15) is 4.79 Å². The van der Waals surface area contributed by atoms with Gasteiger partial charge < -0.3 is 9.88 Å². The molecule has 0 fully saturated rings. The van der Waals surface area contributed by atoms with Crippen LogP contribution >= 0.6 is 15.9 Å². The summed E-state index contributed by atoms with van der Waals surface area (Å²) in [5.74, 6) is -0.155. The molecular formula is C13H18BrN3O. The Morgan fingerprint density at radius 2 is 2.22 bits per heavy atom. The summed E-state index contributed by atoms with van der Waals surface area (Å²) in [5.41, 5.74) is 0.0490. The highest BCUT2D eigenvalue weighted by Gasteiger charge is 2.20. The van der Waals surface area contributed by atoms with Gasteiger partial charge in [0, 0.05) is 23.3 Å². The van der Waals surface area contributed by atoms with Crippen molar-refractivity contribution in [3.8, 4) is 6.07 Å². The van der Waals surface area contributed by atoms with Gasteiger partial charge in [-0.05, 0) is 49.7 Å². The minimum atomic E-state index is -0.553. The van der Waals surface area contributed by atoms with Crippen molar-refractivity contribution in [2.24, 2.45) is 5.41 Å². The number of nitrogens with zero attached hydrogens (tertiary/aromatic N) is 2. The quantitative estimate of drug-likeness (QED) is 0.928. The maximum Gasteiger partial charge on any atom is 0.268 e. The summed E-state index contributed by atoms with van der Waals surface area (Å²) in [6, 6.07) is 4.16. The lowest BCUT2D eigenvalue weighted by Gasteiger charge is -2.17. The smallest absolute Gasteiger partial charge is 0.268 e. The maximum absolute atomic E-state index is 12.1. The fourth-order valence-electron chi connectivity index (χ4n) is 1.49. The fourth-order valence-corrected chi connectivity index (χ4v) is 1.92. The number of halogens is 1. The first-order valence-electron chi connectivity index (χ1n) is 5.83. The molecule has 1 aromatic heterocycles. The first-order chi connectivity index (χ1) is 8.26. The van der Waals surface area contributed by atoms with Crippen LogP contribution in [0.3, 0.4) is 0 Å². The van der Waals surface area contributed by atoms with Crippen molar-refractivity contribution in [1.29, 1.82) is 5.26 Å². The maximum atomic E-state index is 12.1. The van der Waals surface area contributed by atoms with Crippen molar-refractivity contribution in [3.63, 3.8) is 0 Å². The Morgan fingerprint density at radius 3 is 2.72 bits per heavy atom. The third-order valence-electron chi connectivity index (χ3n) is 2.60. The molecule has 18 heavy (non-hydrogen) atoms. The van der Waals surface area contributed by atoms with E-state index in [1.54, 1.807) is 19.9 Å². The van der Waals surface area contributed by atoms with E-state index in [2.05, 4.69) is 27.3 Å². The van der Waals surface area contributed by atoms with Crippen molar-refractivity contribution in [1.82, 2.24) is 9.88 Å². The van der Waals surface area contributed by atoms with Crippen molar-refractivity contribution < 1.29 is 4.79 Å². The van der Waals surface area contributed by atoms with Crippen molar-refractivity contribution in [3.05, 3.63) is 22.4 Å². The molecular weight excluding hydrogens is 294 g/mol. The third kappa shape index (κ3) is 3.61. The molecule has 0 saturated carbocycles. The molecule has 0 atom stereocenters. The molecule has 0 aliphatic carbocycles. The zero-order valence-corrected chi connectivity index (χ0v) is 12.7. The van der Waals surface area contributed by atoms with Gasteiger partial charge in [-0.15, -0.1) is 0 Å². The molecule has 0 radical (unpaired) electrons. The van der Waals surface area contributed by atoms with E-state index in [4.69, 9.17) is 5.26 Å². The summed E-state index contributed by atoms with van der Waals surface area (Å²) in [6.45, 7) is 7.96. The third-order valence-corrected chi connectivity index (χ3v) is 3.03. The van der Waals surface area contributed by atoms with Gasteiger partial charge in [0.1, 0.15) is 5.69 Å². The second kappa shape index (κ2) is 5.57. The van der Waals surface area contributed by atoms with Gasteiger partial charge in [0.15, 0.2) is 0 Å². The van der Waals surface area contributed by atoms with Crippen LogP contribution in [0.2, 0.25) is 0 Å². The Balaban J connectivity index is 2.83. The van der Waals surface area contributed by atoms with E-state index in [0.29, 0.717) is 12.2 Å². The number of amides is 1. The molecule has 4 nitrogen and oxygen atoms in total. The van der Waals surface area contributed by atoms with Crippen LogP contribution in [0, 0.1) is 16.7 Å². The highest BCUT2D eigenvalue weighted by atomic mass is 79.9. The summed E-state index contributed by atoms with van der Waals surface area (Å²) in [7, 11) is 0. The zero-order chi connectivity index (χ0) is 13.9. The molecule has 5 heteroatoms. The van der Waals surface area contributed by atoms with Gasteiger partial charge in [-0.1, -0.05) is 0 Å². The van der Waals surface area contributed by atoms with Crippen LogP contribution in [-0.2, 0) is 0 Å². The number of rotatable bonds is 4. The molecule has 1 aromatic rings. The second-order valence-electron chi connectivity index (χ2n) is 5.22. The van der Waals surface area contributed by atoms with E-state index in [-0.39, 0.29) is 11.9 Å². The number of nitrogens with one attached hydrogen (secondary N) is 1. The lowest BCUT2D eigenvalue weighted by Crippen LogP contribution is -2.34. The molecule has 1 rings (SSSR count). The Hall–Kier alpha value is -1.28. The SMILES string of the molecule is CC(C)n1cc(Br)cc1C(=O)NCC(C)(C)C#N. The van der Waals surface area contributed by atoms with Crippen LogP contribution in [0.5, 0.6) is 0 Å². The van der Waals surface area contributed by atoms with Crippen molar-refractivity contribution >= 4 is 21.8 Å². The van der Waals surface area contributed by atoms with Crippen LogP contribution in [-0.4, -0.2) is 17.0 Å². The monoisotopic (exact) mass is 311 g/mol. The zero-order valence-electron chi connectivity index (χ0n) is 11.1. The van der Waals surface area contributed by atoms with Crippen LogP contribution in [0.1, 0.15) is 44.2 Å². The van der Waals surface area contributed by atoms with Crippen molar-refractivity contribution in [2.45, 2.75) is 33.7 Å². The molecule has 0 unspecified atom stereocenters. The predicted molar refractivity (Wildman–Crippen MR) is 74.2 cm³/mol. The average Bonchev–Trinajstić information content (AvgIpc) is 2.68. The molecule has 0 aliphatic heterocycles. The highest BCUT2D eigenvalue weighted by molar-refractivity contribution is 9.10. The van der Waals surface area contributed by atoms with Gasteiger partial charge in [0.25, 0.3) is 5.91 Å². The van der Waals surface area contributed by atoms with Gasteiger partial charge in [-0.3, -0.25) is 4.79 Å². The molecule has 1 amide bonds. The summed E-state index contributed by atoms with van der Waals surface area (Å²) < 4.78 is 2.78. The summed E-state index contributed by atoms with van der Waals surface area (Å²) in [4.78, 5) is 12.1. The molecule has 1 heterocycles. The lowest BCUT2D eigenvalue weighted by molar-refractivity contribution is 0.0933. The van der Waals surface area contributed by atoms with Crippen LogP contribution < -0.4 is 5.32 Å². The van der Waals surface area contributed by atoms with E-state index < -0.39 is 5.41 Å². The fraction of sp³-hybridized carbons (Fsp3) is 0.538. The Bertz CT molecular complexity index is 483. The molecule has 0 aliphatic rings. The van der Waals surface area contributed by atoms with Crippen molar-refractivity contribution in [2.75, 3.05) is 6.54 Å². The van der Waals surface area contributed by atoms with Crippen LogP contribution in [0.4, 0.5) is 0 Å². The van der Waals surface area contributed by atoms with Gasteiger partial charge >= 0.3 is 0 Å². The van der Waals surface area contributed by atoms with E-state index in [0.717, 1.165) is 4.47 Å². The standard InChI is InChI=1S/C13H18BrN3O/c1-9(2)17-6-10(14)5-11(17)12(18)16-8-13(3,4)7-15/h5-6,9H,8H2,1-4H3,(H,16,18). The van der Waals surface area contributed by atoms with E-state index in [1.165, 1.54) is 0 Å². The average molecular weight is 312 g/mol. The van der Waals surface area contributed by atoms with E-state index >= 15 is 0 Å². The second-order valence-corrected chi connectivity index (χ2v) is 6.14. The summed E-state index contributed by atoms with van der Waals surface area (Å²) in [5, 5.41) is 11.7.